The summed E-state index contributed by atoms with van der Waals surface area (Å²) < 4.78 is 9.54. The first-order chi connectivity index (χ1) is 8.98. The zero-order valence-corrected chi connectivity index (χ0v) is 10.6. The smallest absolute Gasteiger partial charge is 0.429 e. The summed E-state index contributed by atoms with van der Waals surface area (Å²) in [5, 5.41) is 10.7. The number of carbonyl (C=O) groups excluding carboxylic acids is 1. The molecule has 0 saturated heterocycles. The molecule has 6 nitrogen and oxygen atoms in total. The van der Waals surface area contributed by atoms with E-state index in [9.17, 15) is 14.9 Å². The molecule has 0 aliphatic heterocycles. The fourth-order valence-corrected chi connectivity index (χ4v) is 1.15. The lowest BCUT2D eigenvalue weighted by Crippen LogP contribution is -2.38. The van der Waals surface area contributed by atoms with Gasteiger partial charge in [0.05, 0.1) is 0 Å². The van der Waals surface area contributed by atoms with Crippen molar-refractivity contribution in [3.63, 3.8) is 0 Å². The van der Waals surface area contributed by atoms with Crippen molar-refractivity contribution in [3.05, 3.63) is 58.7 Å². The summed E-state index contributed by atoms with van der Waals surface area (Å²) in [6.45, 7) is 4.30. The molecule has 102 valence electrons. The van der Waals surface area contributed by atoms with Crippen LogP contribution in [0.3, 0.4) is 0 Å². The number of nitro groups is 1. The van der Waals surface area contributed by atoms with E-state index in [1.165, 1.54) is 6.92 Å². The van der Waals surface area contributed by atoms with E-state index in [1.54, 1.807) is 12.1 Å². The Morgan fingerprint density at radius 2 is 2.05 bits per heavy atom. The first-order valence-corrected chi connectivity index (χ1v) is 5.59. The van der Waals surface area contributed by atoms with E-state index in [0.717, 1.165) is 11.6 Å². The second-order valence-corrected chi connectivity index (χ2v) is 4.13. The molecule has 19 heavy (non-hydrogen) atoms. The van der Waals surface area contributed by atoms with Gasteiger partial charge in [0.15, 0.2) is 6.61 Å². The van der Waals surface area contributed by atoms with Crippen LogP contribution in [0.4, 0.5) is 4.79 Å². The molecule has 0 N–H and O–H groups in total. The minimum Gasteiger partial charge on any atom is -0.429 e. The van der Waals surface area contributed by atoms with E-state index in [2.05, 4.69) is 6.58 Å². The second-order valence-electron chi connectivity index (χ2n) is 4.13. The van der Waals surface area contributed by atoms with Gasteiger partial charge in [0.25, 0.3) is 5.54 Å². The van der Waals surface area contributed by atoms with Gasteiger partial charge in [-0.15, -0.1) is 0 Å². The van der Waals surface area contributed by atoms with Crippen molar-refractivity contribution < 1.29 is 19.2 Å². The maximum absolute atomic E-state index is 11.3. The number of rotatable bonds is 6. The van der Waals surface area contributed by atoms with Crippen LogP contribution in [-0.2, 0) is 16.1 Å². The molecule has 1 atom stereocenters. The molecule has 0 heterocycles. The number of ether oxygens (including phenoxy) is 2. The van der Waals surface area contributed by atoms with Crippen molar-refractivity contribution >= 4 is 6.16 Å². The third kappa shape index (κ3) is 4.42. The second kappa shape index (κ2) is 6.53. The number of carbonyl (C=O) groups is 1. The third-order valence-corrected chi connectivity index (χ3v) is 2.54. The quantitative estimate of drug-likeness (QED) is 0.342. The molecule has 1 aromatic rings. The topological polar surface area (TPSA) is 78.7 Å². The molecular formula is C13H15NO5. The third-order valence-electron chi connectivity index (χ3n) is 2.54. The van der Waals surface area contributed by atoms with Gasteiger partial charge in [-0.1, -0.05) is 36.9 Å². The summed E-state index contributed by atoms with van der Waals surface area (Å²) in [6.07, 6.45) is 0.177. The Morgan fingerprint density at radius 3 is 2.58 bits per heavy atom. The maximum atomic E-state index is 11.3. The zero-order chi connectivity index (χ0) is 14.3. The van der Waals surface area contributed by atoms with E-state index in [0.29, 0.717) is 0 Å². The van der Waals surface area contributed by atoms with Crippen molar-refractivity contribution in [2.45, 2.75) is 19.1 Å². The average molecular weight is 265 g/mol. The Morgan fingerprint density at radius 1 is 1.42 bits per heavy atom. The lowest BCUT2D eigenvalue weighted by atomic mass is 10.1. The van der Waals surface area contributed by atoms with Crippen molar-refractivity contribution in [2.24, 2.45) is 0 Å². The first-order valence-electron chi connectivity index (χ1n) is 5.59. The summed E-state index contributed by atoms with van der Waals surface area (Å²) in [6, 6.07) is 9.04. The fraction of sp³-hybridized carbons (Fsp3) is 0.308. The summed E-state index contributed by atoms with van der Waals surface area (Å²) >= 11 is 0. The van der Waals surface area contributed by atoms with Crippen molar-refractivity contribution in [1.29, 1.82) is 0 Å². The van der Waals surface area contributed by atoms with Gasteiger partial charge in [0.1, 0.15) is 6.61 Å². The number of nitrogens with zero attached hydrogens (tertiary/aromatic N) is 1. The molecule has 0 amide bonds. The van der Waals surface area contributed by atoms with Crippen LogP contribution in [0.1, 0.15) is 12.5 Å². The van der Waals surface area contributed by atoms with E-state index in [4.69, 9.17) is 9.47 Å². The Bertz CT molecular complexity index is 459. The van der Waals surface area contributed by atoms with Gasteiger partial charge >= 0.3 is 6.16 Å². The summed E-state index contributed by atoms with van der Waals surface area (Å²) in [5.74, 6) is 0. The maximum Gasteiger partial charge on any atom is 0.508 e. The zero-order valence-electron chi connectivity index (χ0n) is 10.6. The lowest BCUT2D eigenvalue weighted by molar-refractivity contribution is -0.553. The number of benzene rings is 1. The van der Waals surface area contributed by atoms with Crippen LogP contribution in [0.2, 0.25) is 0 Å². The Balaban J connectivity index is 2.40. The summed E-state index contributed by atoms with van der Waals surface area (Å²) in [7, 11) is 0. The van der Waals surface area contributed by atoms with Gasteiger partial charge in [-0.3, -0.25) is 10.1 Å². The van der Waals surface area contributed by atoms with Gasteiger partial charge < -0.3 is 9.47 Å². The molecule has 0 fully saturated rings. The van der Waals surface area contributed by atoms with E-state index < -0.39 is 23.2 Å². The molecule has 0 radical (unpaired) electrons. The van der Waals surface area contributed by atoms with Gasteiger partial charge in [0.2, 0.25) is 0 Å². The number of hydrogen-bond donors (Lipinski definition) is 0. The molecule has 0 aliphatic carbocycles. The summed E-state index contributed by atoms with van der Waals surface area (Å²) in [4.78, 5) is 21.5. The molecule has 0 spiro atoms. The Hall–Kier alpha value is -2.37. The highest BCUT2D eigenvalue weighted by molar-refractivity contribution is 5.60. The first kappa shape index (κ1) is 14.7. The molecule has 0 aliphatic rings. The summed E-state index contributed by atoms with van der Waals surface area (Å²) in [5.41, 5.74) is -0.702. The van der Waals surface area contributed by atoms with Crippen LogP contribution in [0.25, 0.3) is 0 Å². The minimum absolute atomic E-state index is 0.0585. The predicted octanol–water partition coefficient (Wildman–Crippen LogP) is 2.56. The molecule has 0 aromatic heterocycles. The average Bonchev–Trinajstić information content (AvgIpc) is 2.43. The highest BCUT2D eigenvalue weighted by atomic mass is 16.7. The fourth-order valence-electron chi connectivity index (χ4n) is 1.15. The monoisotopic (exact) mass is 265 g/mol. The van der Waals surface area contributed by atoms with Crippen molar-refractivity contribution in [2.75, 3.05) is 6.61 Å². The normalized spacial score (nSPS) is 13.1. The standard InChI is InChI=1S/C13H15NO5/c1-3-13(2,14(16)17)10-19-12(15)18-9-11-7-5-4-6-8-11/h3-8H,1,9-10H2,2H3/t13-/m1/s1. The van der Waals surface area contributed by atoms with Crippen LogP contribution in [0.5, 0.6) is 0 Å². The Labute approximate surface area is 110 Å². The highest BCUT2D eigenvalue weighted by Gasteiger charge is 2.35. The van der Waals surface area contributed by atoms with E-state index >= 15 is 0 Å². The molecule has 1 aromatic carbocycles. The molecule has 6 heteroatoms. The van der Waals surface area contributed by atoms with Crippen LogP contribution < -0.4 is 0 Å². The molecular weight excluding hydrogens is 250 g/mol. The van der Waals surface area contributed by atoms with Crippen molar-refractivity contribution in [3.8, 4) is 0 Å². The van der Waals surface area contributed by atoms with Crippen LogP contribution in [0.15, 0.2) is 43.0 Å². The Kier molecular flexibility index (Phi) is 5.05. The molecule has 0 unspecified atom stereocenters. The van der Waals surface area contributed by atoms with Gasteiger partial charge in [-0.05, 0) is 11.6 Å². The highest BCUT2D eigenvalue weighted by Crippen LogP contribution is 2.11. The minimum atomic E-state index is -1.51. The molecule has 0 saturated carbocycles. The number of hydrogen-bond acceptors (Lipinski definition) is 5. The largest absolute Gasteiger partial charge is 0.508 e. The molecule has 0 bridgehead atoms. The van der Waals surface area contributed by atoms with Crippen LogP contribution in [0, 0.1) is 10.1 Å². The SMILES string of the molecule is C=C[C@](C)(COC(=O)OCc1ccccc1)[N+](=O)[O-]. The van der Waals surface area contributed by atoms with Gasteiger partial charge in [-0.25, -0.2) is 4.79 Å². The molecule has 1 rings (SSSR count). The van der Waals surface area contributed by atoms with Gasteiger partial charge in [-0.2, -0.15) is 0 Å². The van der Waals surface area contributed by atoms with Gasteiger partial charge in [0, 0.05) is 11.8 Å². The van der Waals surface area contributed by atoms with Crippen LogP contribution in [-0.4, -0.2) is 23.2 Å². The van der Waals surface area contributed by atoms with E-state index in [-0.39, 0.29) is 6.61 Å². The van der Waals surface area contributed by atoms with Crippen LogP contribution >= 0.6 is 0 Å². The van der Waals surface area contributed by atoms with E-state index in [1.807, 2.05) is 18.2 Å². The van der Waals surface area contributed by atoms with Crippen molar-refractivity contribution in [1.82, 2.24) is 0 Å². The lowest BCUT2D eigenvalue weighted by Gasteiger charge is -2.16. The predicted molar refractivity (Wildman–Crippen MR) is 68.2 cm³/mol.